The quantitative estimate of drug-likeness (QED) is 0.871. The van der Waals surface area contributed by atoms with Crippen LogP contribution in [0.5, 0.6) is 5.75 Å². The van der Waals surface area contributed by atoms with E-state index in [1.807, 2.05) is 0 Å². The van der Waals surface area contributed by atoms with Gasteiger partial charge in [0, 0.05) is 17.3 Å². The molecule has 0 atom stereocenters. The Labute approximate surface area is 119 Å². The number of benzene rings is 2. The lowest BCUT2D eigenvalue weighted by molar-refractivity contribution is -0.274. The number of hydrogen-bond donors (Lipinski definition) is 1. The summed E-state index contributed by atoms with van der Waals surface area (Å²) in [6, 6.07) is 12.9. The summed E-state index contributed by atoms with van der Waals surface area (Å²) >= 11 is 5.76. The number of halogens is 4. The number of nitrogens with one attached hydrogen (secondary N) is 1. The van der Waals surface area contributed by atoms with Crippen molar-refractivity contribution in [3.63, 3.8) is 0 Å². The van der Waals surface area contributed by atoms with E-state index < -0.39 is 6.36 Å². The van der Waals surface area contributed by atoms with E-state index in [2.05, 4.69) is 10.1 Å². The molecule has 2 aromatic carbocycles. The maximum atomic E-state index is 12.1. The van der Waals surface area contributed by atoms with Gasteiger partial charge in [0.05, 0.1) is 0 Å². The van der Waals surface area contributed by atoms with Crippen molar-refractivity contribution in [2.24, 2.45) is 0 Å². The molecule has 2 nitrogen and oxygen atoms in total. The average Bonchev–Trinajstić information content (AvgIpc) is 2.36. The number of alkyl halides is 3. The van der Waals surface area contributed by atoms with Gasteiger partial charge in [-0.2, -0.15) is 0 Å². The Balaban J connectivity index is 1.99. The topological polar surface area (TPSA) is 21.3 Å². The molecule has 0 aliphatic carbocycles. The summed E-state index contributed by atoms with van der Waals surface area (Å²) in [4.78, 5) is 0. The Morgan fingerprint density at radius 1 is 1.05 bits per heavy atom. The normalized spacial score (nSPS) is 11.2. The van der Waals surface area contributed by atoms with Gasteiger partial charge in [-0.05, 0) is 42.0 Å². The summed E-state index contributed by atoms with van der Waals surface area (Å²) in [5, 5.41) is 3.70. The third-order valence-corrected chi connectivity index (χ3v) is 2.72. The van der Waals surface area contributed by atoms with Crippen molar-refractivity contribution in [2.45, 2.75) is 12.9 Å². The summed E-state index contributed by atoms with van der Waals surface area (Å²) in [6.45, 7) is 0.386. The Morgan fingerprint density at radius 3 is 2.40 bits per heavy atom. The largest absolute Gasteiger partial charge is 0.573 e. The van der Waals surface area contributed by atoms with Crippen LogP contribution in [0.15, 0.2) is 48.5 Å². The highest BCUT2D eigenvalue weighted by Crippen LogP contribution is 2.23. The second kappa shape index (κ2) is 6.05. The summed E-state index contributed by atoms with van der Waals surface area (Å²) in [7, 11) is 0. The van der Waals surface area contributed by atoms with E-state index >= 15 is 0 Å². The minimum atomic E-state index is -4.68. The fourth-order valence-electron chi connectivity index (χ4n) is 1.62. The zero-order valence-corrected chi connectivity index (χ0v) is 11.0. The SMILES string of the molecule is FC(F)(F)Oc1cccc(CNc2ccc(Cl)cc2)c1. The molecule has 20 heavy (non-hydrogen) atoms. The van der Waals surface area contributed by atoms with Gasteiger partial charge in [0.15, 0.2) is 0 Å². The molecule has 0 radical (unpaired) electrons. The number of anilines is 1. The van der Waals surface area contributed by atoms with Gasteiger partial charge in [-0.15, -0.1) is 13.2 Å². The van der Waals surface area contributed by atoms with Crippen molar-refractivity contribution in [1.29, 1.82) is 0 Å². The van der Waals surface area contributed by atoms with Crippen LogP contribution < -0.4 is 10.1 Å². The lowest BCUT2D eigenvalue weighted by atomic mass is 10.2. The van der Waals surface area contributed by atoms with Crippen molar-refractivity contribution >= 4 is 17.3 Å². The van der Waals surface area contributed by atoms with Crippen molar-refractivity contribution in [2.75, 3.05) is 5.32 Å². The number of rotatable bonds is 4. The van der Waals surface area contributed by atoms with E-state index in [-0.39, 0.29) is 5.75 Å². The fourth-order valence-corrected chi connectivity index (χ4v) is 1.75. The molecule has 0 heterocycles. The van der Waals surface area contributed by atoms with Crippen molar-refractivity contribution in [1.82, 2.24) is 0 Å². The molecule has 0 bridgehead atoms. The first kappa shape index (κ1) is 14.5. The van der Waals surface area contributed by atoms with Crippen LogP contribution in [0.25, 0.3) is 0 Å². The van der Waals surface area contributed by atoms with Crippen LogP contribution in [0, 0.1) is 0 Å². The molecule has 2 rings (SSSR count). The molecule has 1 N–H and O–H groups in total. The number of ether oxygens (including phenoxy) is 1. The lowest BCUT2D eigenvalue weighted by Gasteiger charge is -2.11. The summed E-state index contributed by atoms with van der Waals surface area (Å²) in [6.07, 6.45) is -4.68. The Kier molecular flexibility index (Phi) is 4.39. The monoisotopic (exact) mass is 301 g/mol. The van der Waals surface area contributed by atoms with Gasteiger partial charge in [0.25, 0.3) is 0 Å². The second-order valence-electron chi connectivity index (χ2n) is 4.06. The highest BCUT2D eigenvalue weighted by molar-refractivity contribution is 6.30. The summed E-state index contributed by atoms with van der Waals surface area (Å²) in [5.41, 5.74) is 1.51. The van der Waals surface area contributed by atoms with E-state index in [1.54, 1.807) is 30.3 Å². The molecule has 0 aromatic heterocycles. The standard InChI is InChI=1S/C14H11ClF3NO/c15-11-4-6-12(7-5-11)19-9-10-2-1-3-13(8-10)20-14(16,17)18/h1-8,19H,9H2. The molecule has 0 aliphatic heterocycles. The van der Waals surface area contributed by atoms with Crippen molar-refractivity contribution in [3.8, 4) is 5.75 Å². The lowest BCUT2D eigenvalue weighted by Crippen LogP contribution is -2.17. The number of hydrogen-bond acceptors (Lipinski definition) is 2. The van der Waals surface area contributed by atoms with E-state index in [0.717, 1.165) is 5.69 Å². The molecule has 6 heteroatoms. The van der Waals surface area contributed by atoms with Gasteiger partial charge in [0.2, 0.25) is 0 Å². The maximum absolute atomic E-state index is 12.1. The van der Waals surface area contributed by atoms with Crippen molar-refractivity contribution in [3.05, 3.63) is 59.1 Å². The predicted octanol–water partition coefficient (Wildman–Crippen LogP) is 4.85. The Hall–Kier alpha value is -1.88. The minimum absolute atomic E-state index is 0.229. The van der Waals surface area contributed by atoms with E-state index in [0.29, 0.717) is 17.1 Å². The van der Waals surface area contributed by atoms with Gasteiger partial charge in [0.1, 0.15) is 5.75 Å². The molecule has 0 saturated carbocycles. The van der Waals surface area contributed by atoms with E-state index in [1.165, 1.54) is 18.2 Å². The van der Waals surface area contributed by atoms with Crippen LogP contribution in [0.2, 0.25) is 5.02 Å². The Morgan fingerprint density at radius 2 is 1.75 bits per heavy atom. The maximum Gasteiger partial charge on any atom is 0.573 e. The summed E-state index contributed by atoms with van der Waals surface area (Å²) < 4.78 is 40.2. The van der Waals surface area contributed by atoms with Gasteiger partial charge >= 0.3 is 6.36 Å². The third kappa shape index (κ3) is 4.66. The van der Waals surface area contributed by atoms with Gasteiger partial charge in [-0.1, -0.05) is 23.7 Å². The van der Waals surface area contributed by atoms with Gasteiger partial charge < -0.3 is 10.1 Å². The van der Waals surface area contributed by atoms with Crippen LogP contribution in [-0.4, -0.2) is 6.36 Å². The molecule has 0 aliphatic rings. The highest BCUT2D eigenvalue weighted by Gasteiger charge is 2.31. The zero-order chi connectivity index (χ0) is 14.6. The summed E-state index contributed by atoms with van der Waals surface area (Å²) in [5.74, 6) is -0.229. The van der Waals surface area contributed by atoms with E-state index in [4.69, 9.17) is 11.6 Å². The minimum Gasteiger partial charge on any atom is -0.406 e. The van der Waals surface area contributed by atoms with Gasteiger partial charge in [-0.25, -0.2) is 0 Å². The molecule has 0 spiro atoms. The third-order valence-electron chi connectivity index (χ3n) is 2.47. The first-order valence-corrected chi connectivity index (χ1v) is 6.14. The molecule has 2 aromatic rings. The van der Waals surface area contributed by atoms with Crippen molar-refractivity contribution < 1.29 is 17.9 Å². The molecular formula is C14H11ClF3NO. The predicted molar refractivity (Wildman–Crippen MR) is 71.9 cm³/mol. The van der Waals surface area contributed by atoms with Crippen LogP contribution >= 0.6 is 11.6 Å². The zero-order valence-electron chi connectivity index (χ0n) is 10.2. The first-order valence-electron chi connectivity index (χ1n) is 5.76. The second-order valence-corrected chi connectivity index (χ2v) is 4.49. The van der Waals surface area contributed by atoms with Crippen LogP contribution in [0.3, 0.4) is 0 Å². The van der Waals surface area contributed by atoms with Gasteiger partial charge in [-0.3, -0.25) is 0 Å². The average molecular weight is 302 g/mol. The van der Waals surface area contributed by atoms with Crippen LogP contribution in [0.4, 0.5) is 18.9 Å². The molecule has 0 saturated heterocycles. The van der Waals surface area contributed by atoms with Crippen LogP contribution in [0.1, 0.15) is 5.56 Å². The van der Waals surface area contributed by atoms with E-state index in [9.17, 15) is 13.2 Å². The molecule has 0 fully saturated rings. The Bertz CT molecular complexity index is 569. The molecular weight excluding hydrogens is 291 g/mol. The molecule has 106 valence electrons. The van der Waals surface area contributed by atoms with Crippen LogP contribution in [-0.2, 0) is 6.54 Å². The highest BCUT2D eigenvalue weighted by atomic mass is 35.5. The fraction of sp³-hybridized carbons (Fsp3) is 0.143. The first-order chi connectivity index (χ1) is 9.42. The molecule has 0 unspecified atom stereocenters. The molecule has 0 amide bonds. The smallest absolute Gasteiger partial charge is 0.406 e.